The number of hydrogen-bond donors (Lipinski definition) is 1. The first-order chi connectivity index (χ1) is 17.9. The van der Waals surface area contributed by atoms with Crippen molar-refractivity contribution in [2.45, 2.75) is 124 Å². The van der Waals surface area contributed by atoms with Gasteiger partial charge in [-0.25, -0.2) is 0 Å². The zero-order valence-corrected chi connectivity index (χ0v) is 25.0. The molecule has 0 aromatic heterocycles. The minimum Gasteiger partial charge on any atom is -0.491 e. The van der Waals surface area contributed by atoms with Gasteiger partial charge >= 0.3 is 5.97 Å². The smallest absolute Gasteiger partial charge is 0.302 e. The van der Waals surface area contributed by atoms with Crippen molar-refractivity contribution >= 4 is 11.9 Å². The molecule has 0 unspecified atom stereocenters. The van der Waals surface area contributed by atoms with E-state index >= 15 is 0 Å². The summed E-state index contributed by atoms with van der Waals surface area (Å²) in [4.78, 5) is 22.9. The van der Waals surface area contributed by atoms with Crippen LogP contribution in [0.1, 0.15) is 113 Å². The topological polar surface area (TPSA) is 64.6 Å². The highest BCUT2D eigenvalue weighted by atomic mass is 16.5. The van der Waals surface area contributed by atoms with Crippen molar-refractivity contribution in [1.29, 1.82) is 0 Å². The SMILES string of the molecule is CC[C@]12C[C@@H]3[C@@H]4CC=C5C[C@H](OC(C)=O)CC[C@]5(C)[C@@H]4CC[C@]3(C)[C@@H]1C(C)=C(CC[C@H](C)CNC(C)=O)O2. The molecule has 0 radical (unpaired) electrons. The summed E-state index contributed by atoms with van der Waals surface area (Å²) in [5.74, 6) is 4.26. The van der Waals surface area contributed by atoms with E-state index in [-0.39, 0.29) is 29.0 Å². The first-order valence-corrected chi connectivity index (χ1v) is 15.4. The van der Waals surface area contributed by atoms with Crippen LogP contribution in [0.5, 0.6) is 0 Å². The van der Waals surface area contributed by atoms with Crippen LogP contribution in [-0.4, -0.2) is 30.1 Å². The molecular formula is C33H51NO4. The van der Waals surface area contributed by atoms with Gasteiger partial charge in [0.25, 0.3) is 0 Å². The molecule has 0 aromatic carbocycles. The Morgan fingerprint density at radius 1 is 1.18 bits per heavy atom. The van der Waals surface area contributed by atoms with Gasteiger partial charge in [-0.2, -0.15) is 0 Å². The number of rotatable bonds is 7. The summed E-state index contributed by atoms with van der Waals surface area (Å²) in [7, 11) is 0. The van der Waals surface area contributed by atoms with Gasteiger partial charge in [0.05, 0.1) is 5.76 Å². The lowest BCUT2D eigenvalue weighted by Gasteiger charge is -2.58. The number of hydrogen-bond acceptors (Lipinski definition) is 4. The first kappa shape index (κ1) is 27.8. The van der Waals surface area contributed by atoms with Gasteiger partial charge in [0.2, 0.25) is 5.91 Å². The summed E-state index contributed by atoms with van der Waals surface area (Å²) in [6.45, 7) is 15.9. The van der Waals surface area contributed by atoms with E-state index in [1.165, 1.54) is 43.9 Å². The molecule has 1 heterocycles. The number of carbonyl (C=O) groups is 2. The molecule has 5 heteroatoms. The zero-order chi connectivity index (χ0) is 27.5. The van der Waals surface area contributed by atoms with E-state index in [4.69, 9.17) is 9.47 Å². The number of ether oxygens (including phenoxy) is 2. The van der Waals surface area contributed by atoms with Crippen LogP contribution in [0, 0.1) is 40.4 Å². The van der Waals surface area contributed by atoms with Gasteiger partial charge in [0, 0.05) is 39.2 Å². The fourth-order valence-electron chi connectivity index (χ4n) is 10.1. The molecule has 5 nitrogen and oxygen atoms in total. The van der Waals surface area contributed by atoms with Crippen LogP contribution in [0.25, 0.3) is 0 Å². The number of amides is 1. The zero-order valence-electron chi connectivity index (χ0n) is 25.0. The second-order valence-electron chi connectivity index (χ2n) is 14.1. The van der Waals surface area contributed by atoms with E-state index in [0.29, 0.717) is 23.2 Å². The predicted octanol–water partition coefficient (Wildman–Crippen LogP) is 7.11. The first-order valence-electron chi connectivity index (χ1n) is 15.4. The molecule has 0 saturated heterocycles. The molecule has 38 heavy (non-hydrogen) atoms. The van der Waals surface area contributed by atoms with Gasteiger partial charge in [-0.3, -0.25) is 9.59 Å². The van der Waals surface area contributed by atoms with Gasteiger partial charge in [-0.1, -0.05) is 39.3 Å². The Morgan fingerprint density at radius 3 is 2.63 bits per heavy atom. The standard InChI is InChI=1S/C33H51NO4/c1-8-33-18-28-26-11-10-24-17-25(37-23(5)36)13-15-31(24,6)27(26)14-16-32(28,7)30(33)21(3)29(38-33)12-9-20(2)19-34-22(4)35/h10,20,25-28,30H,8-9,11-19H2,1-7H3,(H,34,35)/t20-,25+,26+,27+,28+,30-,31-,32-,33-/m0/s1. The highest BCUT2D eigenvalue weighted by Gasteiger charge is 2.68. The lowest BCUT2D eigenvalue weighted by molar-refractivity contribution is -0.148. The van der Waals surface area contributed by atoms with Crippen LogP contribution in [0.2, 0.25) is 0 Å². The third-order valence-electron chi connectivity index (χ3n) is 11.9. The highest BCUT2D eigenvalue weighted by Crippen LogP contribution is 2.72. The lowest BCUT2D eigenvalue weighted by Crippen LogP contribution is -2.50. The van der Waals surface area contributed by atoms with E-state index < -0.39 is 0 Å². The van der Waals surface area contributed by atoms with Gasteiger partial charge in [0.1, 0.15) is 11.7 Å². The normalized spacial score (nSPS) is 42.2. The van der Waals surface area contributed by atoms with Crippen LogP contribution in [0.15, 0.2) is 23.0 Å². The second kappa shape index (κ2) is 10.0. The Balaban J connectivity index is 1.35. The van der Waals surface area contributed by atoms with Gasteiger partial charge < -0.3 is 14.8 Å². The molecule has 0 aromatic rings. The van der Waals surface area contributed by atoms with Crippen molar-refractivity contribution in [2.75, 3.05) is 6.54 Å². The van der Waals surface area contributed by atoms with Crippen molar-refractivity contribution in [2.24, 2.45) is 40.4 Å². The van der Waals surface area contributed by atoms with Crippen LogP contribution in [0.3, 0.4) is 0 Å². The lowest BCUT2D eigenvalue weighted by atomic mass is 9.47. The molecule has 5 aliphatic rings. The molecule has 0 bridgehead atoms. The Labute approximate surface area is 230 Å². The van der Waals surface area contributed by atoms with E-state index in [1.54, 1.807) is 12.5 Å². The average Bonchev–Trinajstić information content (AvgIpc) is 3.30. The molecule has 4 aliphatic carbocycles. The maximum absolute atomic E-state index is 11.6. The third-order valence-corrected chi connectivity index (χ3v) is 11.9. The van der Waals surface area contributed by atoms with E-state index in [2.05, 4.69) is 46.0 Å². The second-order valence-corrected chi connectivity index (χ2v) is 14.1. The van der Waals surface area contributed by atoms with Crippen molar-refractivity contribution < 1.29 is 19.1 Å². The summed E-state index contributed by atoms with van der Waals surface area (Å²) in [6.07, 6.45) is 13.7. The number of allylic oxidation sites excluding steroid dienone is 2. The molecule has 1 aliphatic heterocycles. The molecule has 5 rings (SSSR count). The Morgan fingerprint density at radius 2 is 1.95 bits per heavy atom. The Kier molecular flexibility index (Phi) is 7.31. The van der Waals surface area contributed by atoms with E-state index in [9.17, 15) is 9.59 Å². The van der Waals surface area contributed by atoms with Crippen molar-refractivity contribution in [3.63, 3.8) is 0 Å². The summed E-state index contributed by atoms with van der Waals surface area (Å²) < 4.78 is 12.7. The van der Waals surface area contributed by atoms with Crippen LogP contribution >= 0.6 is 0 Å². The predicted molar refractivity (Wildman–Crippen MR) is 150 cm³/mol. The molecular weight excluding hydrogens is 474 g/mol. The van der Waals surface area contributed by atoms with Crippen molar-refractivity contribution in [1.82, 2.24) is 5.32 Å². The maximum atomic E-state index is 11.6. The molecule has 3 fully saturated rings. The quantitative estimate of drug-likeness (QED) is 0.284. The minimum atomic E-state index is -0.145. The fraction of sp³-hybridized carbons (Fsp3) is 0.818. The average molecular weight is 526 g/mol. The van der Waals surface area contributed by atoms with E-state index in [1.807, 2.05) is 0 Å². The molecule has 3 saturated carbocycles. The van der Waals surface area contributed by atoms with Crippen molar-refractivity contribution in [3.05, 3.63) is 23.0 Å². The largest absolute Gasteiger partial charge is 0.491 e. The number of fused-ring (bicyclic) bond motifs is 7. The molecule has 1 amide bonds. The van der Waals surface area contributed by atoms with Gasteiger partial charge in [-0.15, -0.1) is 0 Å². The van der Waals surface area contributed by atoms with E-state index in [0.717, 1.165) is 56.9 Å². The molecule has 0 spiro atoms. The molecule has 1 N–H and O–H groups in total. The van der Waals surface area contributed by atoms with Crippen molar-refractivity contribution in [3.8, 4) is 0 Å². The van der Waals surface area contributed by atoms with Gasteiger partial charge in [-0.05, 0) is 98.4 Å². The van der Waals surface area contributed by atoms with Crippen LogP contribution in [-0.2, 0) is 19.1 Å². The summed E-state index contributed by atoms with van der Waals surface area (Å²) in [5, 5.41) is 2.97. The molecule has 212 valence electrons. The summed E-state index contributed by atoms with van der Waals surface area (Å²) in [5.41, 5.74) is 3.57. The van der Waals surface area contributed by atoms with Gasteiger partial charge in [0.15, 0.2) is 0 Å². The monoisotopic (exact) mass is 525 g/mol. The fourth-order valence-corrected chi connectivity index (χ4v) is 10.1. The Hall–Kier alpha value is -1.78. The van der Waals surface area contributed by atoms with Crippen LogP contribution in [0.4, 0.5) is 0 Å². The third kappa shape index (κ3) is 4.44. The summed E-state index contributed by atoms with van der Waals surface area (Å²) in [6, 6.07) is 0. The molecule has 9 atom stereocenters. The minimum absolute atomic E-state index is 0.0491. The number of carbonyl (C=O) groups excluding carboxylic acids is 2. The Bertz CT molecular complexity index is 1030. The maximum Gasteiger partial charge on any atom is 0.302 e. The number of nitrogens with one attached hydrogen (secondary N) is 1. The van der Waals surface area contributed by atoms with Crippen LogP contribution < -0.4 is 5.32 Å². The highest BCUT2D eigenvalue weighted by molar-refractivity contribution is 5.72. The summed E-state index contributed by atoms with van der Waals surface area (Å²) >= 11 is 0. The number of esters is 1.